The molecule has 0 heterocycles. The van der Waals surface area contributed by atoms with Crippen molar-refractivity contribution in [2.45, 2.75) is 25.1 Å². The van der Waals surface area contributed by atoms with Gasteiger partial charge in [-0.15, -0.1) is 11.6 Å². The van der Waals surface area contributed by atoms with Gasteiger partial charge in [-0.05, 0) is 31.0 Å². The highest BCUT2D eigenvalue weighted by Gasteiger charge is 2.13. The molecule has 0 aliphatic heterocycles. The monoisotopic (exact) mass is 285 g/mol. The molecule has 1 aromatic carbocycles. The van der Waals surface area contributed by atoms with Crippen LogP contribution in [0.5, 0.6) is 11.5 Å². The molecule has 4 nitrogen and oxygen atoms in total. The lowest BCUT2D eigenvalue weighted by Gasteiger charge is -2.11. The Morgan fingerprint density at radius 3 is 2.68 bits per heavy atom. The van der Waals surface area contributed by atoms with E-state index in [2.05, 4.69) is 5.32 Å². The van der Waals surface area contributed by atoms with Crippen LogP contribution in [0, 0.1) is 0 Å². The number of nitrogens with one attached hydrogen (secondary N) is 1. The van der Waals surface area contributed by atoms with E-state index >= 15 is 0 Å². The topological polar surface area (TPSA) is 47.6 Å². The summed E-state index contributed by atoms with van der Waals surface area (Å²) in [7, 11) is 3.09. The van der Waals surface area contributed by atoms with Crippen LogP contribution >= 0.6 is 11.6 Å². The highest BCUT2D eigenvalue weighted by Crippen LogP contribution is 2.23. The Morgan fingerprint density at radius 2 is 2.11 bits per heavy atom. The van der Waals surface area contributed by atoms with E-state index in [-0.39, 0.29) is 11.3 Å². The van der Waals surface area contributed by atoms with E-state index in [1.807, 2.05) is 6.92 Å². The zero-order valence-corrected chi connectivity index (χ0v) is 12.3. The van der Waals surface area contributed by atoms with Crippen molar-refractivity contribution >= 4 is 17.5 Å². The van der Waals surface area contributed by atoms with Crippen molar-refractivity contribution in [3.8, 4) is 11.5 Å². The maximum absolute atomic E-state index is 12.1. The first-order chi connectivity index (χ1) is 9.12. The van der Waals surface area contributed by atoms with Crippen molar-refractivity contribution in [1.29, 1.82) is 0 Å². The summed E-state index contributed by atoms with van der Waals surface area (Å²) in [6, 6.07) is 5.12. The Balaban J connectivity index is 2.69. The smallest absolute Gasteiger partial charge is 0.255 e. The fraction of sp³-hybridized carbons (Fsp3) is 0.500. The van der Waals surface area contributed by atoms with Crippen LogP contribution in [0.3, 0.4) is 0 Å². The number of methoxy groups -OCH3 is 2. The molecule has 0 saturated carbocycles. The van der Waals surface area contributed by atoms with Crippen molar-refractivity contribution in [1.82, 2.24) is 5.32 Å². The summed E-state index contributed by atoms with van der Waals surface area (Å²) >= 11 is 6.00. The van der Waals surface area contributed by atoms with E-state index < -0.39 is 0 Å². The van der Waals surface area contributed by atoms with Crippen LogP contribution in [-0.2, 0) is 0 Å². The molecule has 1 unspecified atom stereocenters. The van der Waals surface area contributed by atoms with Crippen LogP contribution in [0.25, 0.3) is 0 Å². The van der Waals surface area contributed by atoms with Gasteiger partial charge in [-0.2, -0.15) is 0 Å². The SMILES string of the molecule is CCC(Cl)CCNC(=O)c1cc(OC)ccc1OC. The lowest BCUT2D eigenvalue weighted by molar-refractivity contribution is 0.0949. The van der Waals surface area contributed by atoms with Gasteiger partial charge in [0.1, 0.15) is 11.5 Å². The van der Waals surface area contributed by atoms with E-state index in [1.54, 1.807) is 25.3 Å². The van der Waals surface area contributed by atoms with Crippen molar-refractivity contribution in [3.05, 3.63) is 23.8 Å². The summed E-state index contributed by atoms with van der Waals surface area (Å²) in [5.41, 5.74) is 0.462. The molecule has 0 aromatic heterocycles. The van der Waals surface area contributed by atoms with Crippen LogP contribution in [0.1, 0.15) is 30.1 Å². The Labute approximate surface area is 119 Å². The van der Waals surface area contributed by atoms with Crippen LogP contribution in [0.15, 0.2) is 18.2 Å². The van der Waals surface area contributed by atoms with Crippen LogP contribution < -0.4 is 14.8 Å². The normalized spacial score (nSPS) is 11.8. The zero-order valence-electron chi connectivity index (χ0n) is 11.5. The van der Waals surface area contributed by atoms with E-state index in [9.17, 15) is 4.79 Å². The second-order valence-corrected chi connectivity index (χ2v) is 4.73. The third kappa shape index (κ3) is 4.63. The summed E-state index contributed by atoms with van der Waals surface area (Å²) in [4.78, 5) is 12.1. The first kappa shape index (κ1) is 15.6. The molecule has 1 atom stereocenters. The molecule has 0 aliphatic carbocycles. The molecule has 5 heteroatoms. The summed E-state index contributed by atoms with van der Waals surface area (Å²) < 4.78 is 10.3. The van der Waals surface area contributed by atoms with E-state index in [4.69, 9.17) is 21.1 Å². The van der Waals surface area contributed by atoms with E-state index in [0.29, 0.717) is 23.6 Å². The summed E-state index contributed by atoms with van der Waals surface area (Å²) in [5.74, 6) is 0.960. The molecular weight excluding hydrogens is 266 g/mol. The molecular formula is C14H20ClNO3. The lowest BCUT2D eigenvalue weighted by Crippen LogP contribution is -2.26. The average molecular weight is 286 g/mol. The minimum absolute atomic E-state index is 0.0903. The average Bonchev–Trinajstić information content (AvgIpc) is 2.45. The lowest BCUT2D eigenvalue weighted by atomic mass is 10.1. The van der Waals surface area contributed by atoms with Gasteiger partial charge in [0.2, 0.25) is 0 Å². The number of benzene rings is 1. The fourth-order valence-corrected chi connectivity index (χ4v) is 1.74. The van der Waals surface area contributed by atoms with Crippen molar-refractivity contribution in [2.75, 3.05) is 20.8 Å². The van der Waals surface area contributed by atoms with Crippen molar-refractivity contribution in [2.24, 2.45) is 0 Å². The fourth-order valence-electron chi connectivity index (χ4n) is 1.63. The summed E-state index contributed by atoms with van der Waals surface area (Å²) in [6.45, 7) is 2.56. The molecule has 1 N–H and O–H groups in total. The maximum Gasteiger partial charge on any atom is 0.255 e. The number of hydrogen-bond acceptors (Lipinski definition) is 3. The molecule has 1 amide bonds. The number of rotatable bonds is 7. The predicted molar refractivity (Wildman–Crippen MR) is 76.4 cm³/mol. The van der Waals surface area contributed by atoms with Gasteiger partial charge in [0, 0.05) is 11.9 Å². The highest BCUT2D eigenvalue weighted by atomic mass is 35.5. The minimum Gasteiger partial charge on any atom is -0.497 e. The highest BCUT2D eigenvalue weighted by molar-refractivity contribution is 6.20. The van der Waals surface area contributed by atoms with Gasteiger partial charge < -0.3 is 14.8 Å². The quantitative estimate of drug-likeness (QED) is 0.784. The largest absolute Gasteiger partial charge is 0.497 e. The van der Waals surface area contributed by atoms with Gasteiger partial charge in [0.05, 0.1) is 19.8 Å². The number of alkyl halides is 1. The Morgan fingerprint density at radius 1 is 1.37 bits per heavy atom. The third-order valence-corrected chi connectivity index (χ3v) is 3.36. The van der Waals surface area contributed by atoms with Crippen LogP contribution in [0.2, 0.25) is 0 Å². The van der Waals surface area contributed by atoms with Crippen molar-refractivity contribution < 1.29 is 14.3 Å². The standard InChI is InChI=1S/C14H20ClNO3/c1-4-10(15)7-8-16-14(17)12-9-11(18-2)5-6-13(12)19-3/h5-6,9-10H,4,7-8H2,1-3H3,(H,16,17). The number of hydrogen-bond donors (Lipinski definition) is 1. The number of amides is 1. The predicted octanol–water partition coefficient (Wildman–Crippen LogP) is 2.84. The summed E-state index contributed by atoms with van der Waals surface area (Å²) in [6.07, 6.45) is 1.63. The Bertz CT molecular complexity index is 423. The molecule has 0 spiro atoms. The van der Waals surface area contributed by atoms with Gasteiger partial charge in [0.15, 0.2) is 0 Å². The second-order valence-electron chi connectivity index (χ2n) is 4.12. The maximum atomic E-state index is 12.1. The van der Waals surface area contributed by atoms with Crippen molar-refractivity contribution in [3.63, 3.8) is 0 Å². The zero-order chi connectivity index (χ0) is 14.3. The molecule has 0 fully saturated rings. The van der Waals surface area contributed by atoms with Gasteiger partial charge >= 0.3 is 0 Å². The number of carbonyl (C=O) groups excluding carboxylic acids is 1. The Kier molecular flexibility index (Phi) is 6.50. The summed E-state index contributed by atoms with van der Waals surface area (Å²) in [5, 5.41) is 2.92. The van der Waals surface area contributed by atoms with Gasteiger partial charge in [-0.25, -0.2) is 0 Å². The molecule has 1 aromatic rings. The number of carbonyl (C=O) groups is 1. The molecule has 0 bridgehead atoms. The minimum atomic E-state index is -0.185. The van der Waals surface area contributed by atoms with E-state index in [1.165, 1.54) is 7.11 Å². The van der Waals surface area contributed by atoms with Gasteiger partial charge in [0.25, 0.3) is 5.91 Å². The van der Waals surface area contributed by atoms with Gasteiger partial charge in [-0.3, -0.25) is 4.79 Å². The van der Waals surface area contributed by atoms with Crippen LogP contribution in [-0.4, -0.2) is 32.0 Å². The van der Waals surface area contributed by atoms with Crippen LogP contribution in [0.4, 0.5) is 0 Å². The first-order valence-electron chi connectivity index (χ1n) is 6.26. The second kappa shape index (κ2) is 7.89. The Hall–Kier alpha value is -1.42. The van der Waals surface area contributed by atoms with Gasteiger partial charge in [-0.1, -0.05) is 6.92 Å². The molecule has 106 valence electrons. The first-order valence-corrected chi connectivity index (χ1v) is 6.70. The molecule has 19 heavy (non-hydrogen) atoms. The third-order valence-electron chi connectivity index (χ3n) is 2.84. The number of ether oxygens (including phenoxy) is 2. The molecule has 0 aliphatic rings. The molecule has 0 saturated heterocycles. The molecule has 1 rings (SSSR count). The number of halogens is 1. The molecule has 0 radical (unpaired) electrons. The van der Waals surface area contributed by atoms with E-state index in [0.717, 1.165) is 12.8 Å².